The van der Waals surface area contributed by atoms with E-state index in [0.717, 1.165) is 19.5 Å². The Morgan fingerprint density at radius 2 is 2.12 bits per heavy atom. The Bertz CT molecular complexity index is 391. The molecule has 0 saturated carbocycles. The van der Waals surface area contributed by atoms with Gasteiger partial charge in [0.05, 0.1) is 0 Å². The zero-order chi connectivity index (χ0) is 12.3. The molecule has 0 spiro atoms. The molecule has 17 heavy (non-hydrogen) atoms. The predicted octanol–water partition coefficient (Wildman–Crippen LogP) is 3.09. The van der Waals surface area contributed by atoms with Crippen LogP contribution in [0, 0.1) is 11.7 Å². The fourth-order valence-corrected chi connectivity index (χ4v) is 2.11. The van der Waals surface area contributed by atoms with Crippen molar-refractivity contribution in [3.05, 3.63) is 30.1 Å². The molecular formula is C13H17FN2O. The van der Waals surface area contributed by atoms with Crippen molar-refractivity contribution in [2.75, 3.05) is 18.4 Å². The van der Waals surface area contributed by atoms with Crippen molar-refractivity contribution >= 4 is 11.7 Å². The molecule has 1 heterocycles. The van der Waals surface area contributed by atoms with Crippen molar-refractivity contribution in [1.29, 1.82) is 0 Å². The summed E-state index contributed by atoms with van der Waals surface area (Å²) >= 11 is 0. The first-order valence-electron chi connectivity index (χ1n) is 5.96. The van der Waals surface area contributed by atoms with E-state index in [-0.39, 0.29) is 11.8 Å². The zero-order valence-electron chi connectivity index (χ0n) is 9.95. The van der Waals surface area contributed by atoms with Crippen LogP contribution in [0.1, 0.15) is 19.8 Å². The molecule has 1 fully saturated rings. The third-order valence-corrected chi connectivity index (χ3v) is 3.04. The van der Waals surface area contributed by atoms with Gasteiger partial charge in [-0.05, 0) is 43.0 Å². The van der Waals surface area contributed by atoms with Gasteiger partial charge in [-0.1, -0.05) is 6.92 Å². The summed E-state index contributed by atoms with van der Waals surface area (Å²) in [5, 5.41) is 2.78. The van der Waals surface area contributed by atoms with Crippen molar-refractivity contribution in [3.63, 3.8) is 0 Å². The van der Waals surface area contributed by atoms with Crippen LogP contribution >= 0.6 is 0 Å². The largest absolute Gasteiger partial charge is 0.324 e. The number of urea groups is 1. The van der Waals surface area contributed by atoms with E-state index < -0.39 is 0 Å². The summed E-state index contributed by atoms with van der Waals surface area (Å²) in [6.45, 7) is 3.75. The molecule has 1 saturated heterocycles. The van der Waals surface area contributed by atoms with Gasteiger partial charge in [-0.2, -0.15) is 0 Å². The Balaban J connectivity index is 1.94. The first-order chi connectivity index (χ1) is 8.15. The molecule has 92 valence electrons. The Hall–Kier alpha value is -1.58. The number of nitrogens with one attached hydrogen (secondary N) is 1. The number of hydrogen-bond donors (Lipinski definition) is 1. The van der Waals surface area contributed by atoms with Crippen LogP contribution in [0.25, 0.3) is 0 Å². The van der Waals surface area contributed by atoms with Crippen LogP contribution < -0.4 is 5.32 Å². The van der Waals surface area contributed by atoms with Gasteiger partial charge in [-0.15, -0.1) is 0 Å². The highest BCUT2D eigenvalue weighted by Gasteiger charge is 2.20. The highest BCUT2D eigenvalue weighted by molar-refractivity contribution is 5.89. The van der Waals surface area contributed by atoms with E-state index in [1.807, 2.05) is 4.90 Å². The number of piperidine rings is 1. The van der Waals surface area contributed by atoms with Crippen LogP contribution in [0.15, 0.2) is 24.3 Å². The highest BCUT2D eigenvalue weighted by Crippen LogP contribution is 2.17. The van der Waals surface area contributed by atoms with E-state index in [1.54, 1.807) is 12.1 Å². The smallest absolute Gasteiger partial charge is 0.321 e. The fraction of sp³-hybridized carbons (Fsp3) is 0.462. The summed E-state index contributed by atoms with van der Waals surface area (Å²) in [4.78, 5) is 13.7. The van der Waals surface area contributed by atoms with Crippen LogP contribution in [-0.2, 0) is 0 Å². The quantitative estimate of drug-likeness (QED) is 0.798. The second-order valence-corrected chi connectivity index (χ2v) is 4.63. The molecule has 1 N–H and O–H groups in total. The van der Waals surface area contributed by atoms with Gasteiger partial charge in [0.1, 0.15) is 5.82 Å². The molecule has 1 aromatic rings. The number of anilines is 1. The number of carbonyl (C=O) groups excluding carboxylic acids is 1. The SMILES string of the molecule is C[C@@H]1CCCN(C(=O)Nc2ccc(F)cc2)C1. The van der Waals surface area contributed by atoms with Gasteiger partial charge in [0.15, 0.2) is 0 Å². The number of nitrogens with zero attached hydrogens (tertiary/aromatic N) is 1. The summed E-state index contributed by atoms with van der Waals surface area (Å²) in [6.07, 6.45) is 2.23. The molecule has 0 radical (unpaired) electrons. The minimum absolute atomic E-state index is 0.0943. The van der Waals surface area contributed by atoms with E-state index in [2.05, 4.69) is 12.2 Å². The lowest BCUT2D eigenvalue weighted by molar-refractivity contribution is 0.182. The molecule has 1 aliphatic heterocycles. The summed E-state index contributed by atoms with van der Waals surface area (Å²) < 4.78 is 12.7. The molecular weight excluding hydrogens is 219 g/mol. The molecule has 1 atom stereocenters. The van der Waals surface area contributed by atoms with Gasteiger partial charge in [0, 0.05) is 18.8 Å². The molecule has 2 rings (SSSR count). The van der Waals surface area contributed by atoms with Crippen LogP contribution in [0.3, 0.4) is 0 Å². The number of halogens is 1. The number of amides is 2. The molecule has 3 nitrogen and oxygen atoms in total. The second-order valence-electron chi connectivity index (χ2n) is 4.63. The average Bonchev–Trinajstić information content (AvgIpc) is 2.32. The van der Waals surface area contributed by atoms with Crippen LogP contribution in [0.5, 0.6) is 0 Å². The van der Waals surface area contributed by atoms with Crippen molar-refractivity contribution in [1.82, 2.24) is 4.90 Å². The second kappa shape index (κ2) is 5.17. The van der Waals surface area contributed by atoms with Crippen molar-refractivity contribution in [2.45, 2.75) is 19.8 Å². The molecule has 0 aliphatic carbocycles. The molecule has 1 aromatic carbocycles. The lowest BCUT2D eigenvalue weighted by atomic mass is 10.0. The summed E-state index contributed by atoms with van der Waals surface area (Å²) in [6, 6.07) is 5.73. The predicted molar refractivity (Wildman–Crippen MR) is 65.4 cm³/mol. The molecule has 4 heteroatoms. The Morgan fingerprint density at radius 1 is 1.41 bits per heavy atom. The molecule has 0 aromatic heterocycles. The Kier molecular flexibility index (Phi) is 3.61. The minimum Gasteiger partial charge on any atom is -0.324 e. The standard InChI is InChI=1S/C13H17FN2O/c1-10-3-2-8-16(9-10)13(17)15-12-6-4-11(14)5-7-12/h4-7,10H,2-3,8-9H2,1H3,(H,15,17)/t10-/m1/s1. The molecule has 0 unspecified atom stereocenters. The number of rotatable bonds is 1. The Labute approximate surface area is 101 Å². The van der Waals surface area contributed by atoms with Gasteiger partial charge >= 0.3 is 6.03 Å². The Morgan fingerprint density at radius 3 is 2.76 bits per heavy atom. The minimum atomic E-state index is -0.297. The average molecular weight is 236 g/mol. The maximum atomic E-state index is 12.7. The van der Waals surface area contributed by atoms with Gasteiger partial charge in [-0.3, -0.25) is 0 Å². The van der Waals surface area contributed by atoms with Crippen molar-refractivity contribution < 1.29 is 9.18 Å². The highest BCUT2D eigenvalue weighted by atomic mass is 19.1. The summed E-state index contributed by atoms with van der Waals surface area (Å²) in [7, 11) is 0. The van der Waals surface area contributed by atoms with Gasteiger partial charge in [-0.25, -0.2) is 9.18 Å². The van der Waals surface area contributed by atoms with E-state index in [0.29, 0.717) is 11.6 Å². The number of benzene rings is 1. The van der Waals surface area contributed by atoms with E-state index in [4.69, 9.17) is 0 Å². The maximum absolute atomic E-state index is 12.7. The number of carbonyl (C=O) groups is 1. The zero-order valence-corrected chi connectivity index (χ0v) is 9.95. The normalized spacial score (nSPS) is 20.1. The van der Waals surface area contributed by atoms with Crippen LogP contribution in [-0.4, -0.2) is 24.0 Å². The lowest BCUT2D eigenvalue weighted by Crippen LogP contribution is -2.41. The third-order valence-electron chi connectivity index (χ3n) is 3.04. The molecule has 0 bridgehead atoms. The van der Waals surface area contributed by atoms with Crippen molar-refractivity contribution in [2.24, 2.45) is 5.92 Å². The summed E-state index contributed by atoms with van der Waals surface area (Å²) in [5.74, 6) is 0.261. The molecule has 1 aliphatic rings. The topological polar surface area (TPSA) is 32.3 Å². The van der Waals surface area contributed by atoms with E-state index >= 15 is 0 Å². The van der Waals surface area contributed by atoms with E-state index in [9.17, 15) is 9.18 Å². The monoisotopic (exact) mass is 236 g/mol. The lowest BCUT2D eigenvalue weighted by Gasteiger charge is -2.30. The first kappa shape index (κ1) is 11.9. The summed E-state index contributed by atoms with van der Waals surface area (Å²) in [5.41, 5.74) is 0.634. The van der Waals surface area contributed by atoms with Crippen molar-refractivity contribution in [3.8, 4) is 0 Å². The van der Waals surface area contributed by atoms with E-state index in [1.165, 1.54) is 18.6 Å². The van der Waals surface area contributed by atoms with Gasteiger partial charge in [0.2, 0.25) is 0 Å². The van der Waals surface area contributed by atoms with Gasteiger partial charge in [0.25, 0.3) is 0 Å². The number of likely N-dealkylation sites (tertiary alicyclic amines) is 1. The first-order valence-corrected chi connectivity index (χ1v) is 5.96. The molecule has 2 amide bonds. The fourth-order valence-electron chi connectivity index (χ4n) is 2.11. The maximum Gasteiger partial charge on any atom is 0.321 e. The third kappa shape index (κ3) is 3.19. The van der Waals surface area contributed by atoms with Gasteiger partial charge < -0.3 is 10.2 Å². The number of hydrogen-bond acceptors (Lipinski definition) is 1. The van der Waals surface area contributed by atoms with Crippen LogP contribution in [0.2, 0.25) is 0 Å². The van der Waals surface area contributed by atoms with Crippen LogP contribution in [0.4, 0.5) is 14.9 Å².